The van der Waals surface area contributed by atoms with Crippen LogP contribution in [0.4, 0.5) is 0 Å². The van der Waals surface area contributed by atoms with Gasteiger partial charge in [-0.25, -0.2) is 0 Å². The summed E-state index contributed by atoms with van der Waals surface area (Å²) in [6.45, 7) is 6.91. The van der Waals surface area contributed by atoms with Crippen LogP contribution in [0.1, 0.15) is 37.9 Å². The first-order valence-corrected chi connectivity index (χ1v) is 6.92. The zero-order valence-corrected chi connectivity index (χ0v) is 12.7. The van der Waals surface area contributed by atoms with Gasteiger partial charge >= 0.3 is 0 Å². The molecule has 1 N–H and O–H groups in total. The predicted octanol–water partition coefficient (Wildman–Crippen LogP) is 2.62. The average Bonchev–Trinajstić information content (AvgIpc) is 2.35. The largest absolute Gasteiger partial charge is 0.348 e. The van der Waals surface area contributed by atoms with Crippen LogP contribution in [0, 0.1) is 5.92 Å². The lowest BCUT2D eigenvalue weighted by molar-refractivity contribution is -0.127. The highest BCUT2D eigenvalue weighted by molar-refractivity contribution is 5.77. The van der Waals surface area contributed by atoms with E-state index in [0.29, 0.717) is 12.5 Å². The van der Waals surface area contributed by atoms with Crippen LogP contribution in [-0.4, -0.2) is 31.4 Å². The zero-order chi connectivity index (χ0) is 14.4. The minimum absolute atomic E-state index is 0.100. The lowest BCUT2D eigenvalue weighted by Crippen LogP contribution is -2.34. The van der Waals surface area contributed by atoms with Crippen LogP contribution in [0.2, 0.25) is 0 Å². The second kappa shape index (κ2) is 7.29. The van der Waals surface area contributed by atoms with Crippen molar-refractivity contribution in [3.8, 4) is 0 Å². The molecule has 1 unspecified atom stereocenters. The third-order valence-electron chi connectivity index (χ3n) is 3.18. The van der Waals surface area contributed by atoms with Crippen molar-refractivity contribution in [2.75, 3.05) is 20.6 Å². The predicted molar refractivity (Wildman–Crippen MR) is 80.1 cm³/mol. The van der Waals surface area contributed by atoms with Crippen LogP contribution in [0.5, 0.6) is 0 Å². The summed E-state index contributed by atoms with van der Waals surface area (Å²) >= 11 is 0. The molecule has 0 aliphatic rings. The van der Waals surface area contributed by atoms with E-state index in [0.717, 1.165) is 6.42 Å². The average molecular weight is 262 g/mol. The lowest BCUT2D eigenvalue weighted by Gasteiger charge is -2.17. The number of carbonyl (C=O) groups is 1. The van der Waals surface area contributed by atoms with Crippen molar-refractivity contribution in [1.82, 2.24) is 10.2 Å². The highest BCUT2D eigenvalue weighted by atomic mass is 16.2. The highest BCUT2D eigenvalue weighted by Crippen LogP contribution is 2.15. The van der Waals surface area contributed by atoms with Crippen molar-refractivity contribution in [3.05, 3.63) is 35.4 Å². The molecule has 1 atom stereocenters. The van der Waals surface area contributed by atoms with Gasteiger partial charge in [-0.1, -0.05) is 38.1 Å². The molecule has 1 amide bonds. The van der Waals surface area contributed by atoms with E-state index in [1.54, 1.807) is 19.0 Å². The summed E-state index contributed by atoms with van der Waals surface area (Å²) in [7, 11) is 3.55. The van der Waals surface area contributed by atoms with E-state index in [1.807, 2.05) is 0 Å². The van der Waals surface area contributed by atoms with E-state index in [-0.39, 0.29) is 11.9 Å². The number of hydrogen-bond donors (Lipinski definition) is 1. The molecule has 0 aromatic heterocycles. The maximum atomic E-state index is 11.5. The molecule has 1 aromatic carbocycles. The number of nitrogens with one attached hydrogen (secondary N) is 1. The topological polar surface area (TPSA) is 32.3 Å². The Kier molecular flexibility index (Phi) is 6.03. The van der Waals surface area contributed by atoms with Crippen LogP contribution >= 0.6 is 0 Å². The fourth-order valence-corrected chi connectivity index (χ4v) is 1.93. The quantitative estimate of drug-likeness (QED) is 0.854. The Bertz CT molecular complexity index is 396. The maximum Gasteiger partial charge on any atom is 0.236 e. The van der Waals surface area contributed by atoms with E-state index in [1.165, 1.54) is 11.1 Å². The number of benzene rings is 1. The minimum Gasteiger partial charge on any atom is -0.348 e. The van der Waals surface area contributed by atoms with Gasteiger partial charge in [-0.2, -0.15) is 0 Å². The van der Waals surface area contributed by atoms with Gasteiger partial charge < -0.3 is 10.2 Å². The molecule has 3 heteroatoms. The van der Waals surface area contributed by atoms with E-state index >= 15 is 0 Å². The van der Waals surface area contributed by atoms with Crippen molar-refractivity contribution in [3.63, 3.8) is 0 Å². The number of rotatable bonds is 6. The Balaban J connectivity index is 2.53. The van der Waals surface area contributed by atoms with Gasteiger partial charge in [0.05, 0.1) is 6.54 Å². The number of likely N-dealkylation sites (N-methyl/N-ethyl adjacent to an activating group) is 1. The molecule has 0 spiro atoms. The zero-order valence-electron chi connectivity index (χ0n) is 12.7. The molecule has 0 aliphatic carbocycles. The number of hydrogen-bond acceptors (Lipinski definition) is 2. The summed E-state index contributed by atoms with van der Waals surface area (Å²) in [5, 5.41) is 3.25. The van der Waals surface area contributed by atoms with Crippen LogP contribution in [-0.2, 0) is 11.2 Å². The lowest BCUT2D eigenvalue weighted by atomic mass is 10.00. The molecule has 106 valence electrons. The second-order valence-electron chi connectivity index (χ2n) is 5.73. The molecular formula is C16H26N2O. The van der Waals surface area contributed by atoms with E-state index in [9.17, 15) is 4.79 Å². The molecule has 1 rings (SSSR count). The van der Waals surface area contributed by atoms with Crippen LogP contribution in [0.15, 0.2) is 24.3 Å². The summed E-state index contributed by atoms with van der Waals surface area (Å²) in [6, 6.07) is 8.85. The maximum absolute atomic E-state index is 11.5. The molecule has 19 heavy (non-hydrogen) atoms. The molecule has 1 aromatic rings. The Hall–Kier alpha value is -1.35. The van der Waals surface area contributed by atoms with Gasteiger partial charge in [0.2, 0.25) is 5.91 Å². The van der Waals surface area contributed by atoms with Gasteiger partial charge in [0, 0.05) is 20.1 Å². The summed E-state index contributed by atoms with van der Waals surface area (Å²) in [5.41, 5.74) is 2.59. The van der Waals surface area contributed by atoms with Crippen molar-refractivity contribution in [1.29, 1.82) is 0 Å². The summed E-state index contributed by atoms with van der Waals surface area (Å²) in [6.07, 6.45) is 1.11. The van der Waals surface area contributed by atoms with Gasteiger partial charge in [0.15, 0.2) is 0 Å². The van der Waals surface area contributed by atoms with Crippen molar-refractivity contribution < 1.29 is 4.79 Å². The normalized spacial score (nSPS) is 12.5. The SMILES string of the molecule is CC(C)Cc1ccc(C(C)NCC(=O)N(C)C)cc1. The van der Waals surface area contributed by atoms with E-state index in [2.05, 4.69) is 50.4 Å². The fraction of sp³-hybridized carbons (Fsp3) is 0.562. The molecule has 0 radical (unpaired) electrons. The minimum atomic E-state index is 0.100. The van der Waals surface area contributed by atoms with E-state index in [4.69, 9.17) is 0 Å². The first-order chi connectivity index (χ1) is 8.90. The molecule has 0 saturated heterocycles. The number of nitrogens with zero attached hydrogens (tertiary/aromatic N) is 1. The van der Waals surface area contributed by atoms with Gasteiger partial charge in [-0.3, -0.25) is 4.79 Å². The molecule has 0 fully saturated rings. The summed E-state index contributed by atoms with van der Waals surface area (Å²) in [5.74, 6) is 0.780. The van der Waals surface area contributed by atoms with E-state index < -0.39 is 0 Å². The molecular weight excluding hydrogens is 236 g/mol. The Morgan fingerprint density at radius 2 is 1.74 bits per heavy atom. The van der Waals surface area contributed by atoms with Gasteiger partial charge in [0.1, 0.15) is 0 Å². The van der Waals surface area contributed by atoms with Crippen LogP contribution < -0.4 is 5.32 Å². The Labute approximate surface area is 117 Å². The summed E-state index contributed by atoms with van der Waals surface area (Å²) < 4.78 is 0. The molecule has 3 nitrogen and oxygen atoms in total. The second-order valence-corrected chi connectivity index (χ2v) is 5.73. The number of carbonyl (C=O) groups excluding carboxylic acids is 1. The van der Waals surface area contributed by atoms with Crippen LogP contribution in [0.25, 0.3) is 0 Å². The Morgan fingerprint density at radius 3 is 2.21 bits per heavy atom. The third-order valence-corrected chi connectivity index (χ3v) is 3.18. The summed E-state index contributed by atoms with van der Waals surface area (Å²) in [4.78, 5) is 13.1. The van der Waals surface area contributed by atoms with Crippen LogP contribution in [0.3, 0.4) is 0 Å². The molecule has 0 heterocycles. The molecule has 0 bridgehead atoms. The standard InChI is InChI=1S/C16H26N2O/c1-12(2)10-14-6-8-15(9-7-14)13(3)17-11-16(19)18(4)5/h6-9,12-13,17H,10-11H2,1-5H3. The van der Waals surface area contributed by atoms with Gasteiger partial charge in [-0.05, 0) is 30.4 Å². The molecule has 0 aliphatic heterocycles. The Morgan fingerprint density at radius 1 is 1.16 bits per heavy atom. The van der Waals surface area contributed by atoms with Gasteiger partial charge in [-0.15, -0.1) is 0 Å². The fourth-order valence-electron chi connectivity index (χ4n) is 1.93. The smallest absolute Gasteiger partial charge is 0.236 e. The monoisotopic (exact) mass is 262 g/mol. The van der Waals surface area contributed by atoms with Crippen molar-refractivity contribution in [2.24, 2.45) is 5.92 Å². The third kappa shape index (κ3) is 5.43. The van der Waals surface area contributed by atoms with Gasteiger partial charge in [0.25, 0.3) is 0 Å². The first kappa shape index (κ1) is 15.7. The first-order valence-electron chi connectivity index (χ1n) is 6.92. The molecule has 0 saturated carbocycles. The number of amides is 1. The van der Waals surface area contributed by atoms with Crippen molar-refractivity contribution in [2.45, 2.75) is 33.2 Å². The van der Waals surface area contributed by atoms with Crippen molar-refractivity contribution >= 4 is 5.91 Å². The highest BCUT2D eigenvalue weighted by Gasteiger charge is 2.09.